The van der Waals surface area contributed by atoms with Gasteiger partial charge in [-0.1, -0.05) is 199 Å². The fraction of sp³-hybridized carbons (Fsp3) is 0.323. The zero-order valence-corrected chi connectivity index (χ0v) is 42.4. The first-order valence-electron chi connectivity index (χ1n) is 26.9. The Hall–Kier alpha value is -5.77. The molecule has 340 valence electrons. The molecular formula is C62H56N4OPt. The number of hydrogen-bond acceptors (Lipinski definition) is 3. The average molecular weight is 1070 g/mol. The maximum Gasteiger partial charge on any atom is 2.00 e. The zero-order chi connectivity index (χ0) is 51.3. The minimum absolute atomic E-state index is 0. The van der Waals surface area contributed by atoms with E-state index in [9.17, 15) is 0 Å². The standard InChI is InChI=1S/C62H56N4O.Pt/c1-33-21-27-45-51-47(33)37-25-23-35(29-41(37)55-63-49-39-17-13-15-19-43(39)57(3,4)31-61(11,59(45,7)8)53(49)65(51)55)67-36-24-26-38-42(30-36)56-64-50-40-18-14-16-20-44(40)58(5,6)32-62(12)54(50)66(56)52-46(60(62,9)10)28-22-34(2)48(38)52;/h13-28H,31-32H2,1-12H3;/q-2;+2/i1D3,2D3;. The van der Waals surface area contributed by atoms with Crippen molar-refractivity contribution in [2.45, 2.75) is 128 Å². The van der Waals surface area contributed by atoms with Gasteiger partial charge in [0, 0.05) is 74.9 Å². The van der Waals surface area contributed by atoms with Crippen molar-refractivity contribution >= 4 is 54.6 Å². The van der Waals surface area contributed by atoms with Crippen molar-refractivity contribution in [2.24, 2.45) is 0 Å². The summed E-state index contributed by atoms with van der Waals surface area (Å²) >= 11 is 0. The molecule has 0 saturated carbocycles. The normalized spacial score (nSPS) is 23.6. The molecule has 4 aromatic heterocycles. The van der Waals surface area contributed by atoms with Gasteiger partial charge in [-0.2, -0.15) is 0 Å². The van der Waals surface area contributed by atoms with Crippen molar-refractivity contribution in [1.82, 2.24) is 18.8 Å². The summed E-state index contributed by atoms with van der Waals surface area (Å²) in [5.41, 5.74) is 12.5. The van der Waals surface area contributed by atoms with Crippen molar-refractivity contribution in [3.63, 3.8) is 0 Å². The Morgan fingerprint density at radius 1 is 0.515 bits per heavy atom. The molecule has 68 heavy (non-hydrogen) atoms. The second kappa shape index (κ2) is 12.9. The van der Waals surface area contributed by atoms with Crippen molar-refractivity contribution in [3.05, 3.63) is 154 Å². The van der Waals surface area contributed by atoms with E-state index in [4.69, 9.17) is 22.9 Å². The van der Waals surface area contributed by atoms with E-state index in [1.807, 2.05) is 36.4 Å². The molecule has 0 N–H and O–H groups in total. The van der Waals surface area contributed by atoms with Crippen molar-refractivity contribution in [2.75, 3.05) is 0 Å². The van der Waals surface area contributed by atoms with Crippen LogP contribution in [0.4, 0.5) is 0 Å². The number of aryl methyl sites for hydroxylation is 2. The molecule has 14 rings (SSSR count). The van der Waals surface area contributed by atoms with Crippen molar-refractivity contribution in [1.29, 1.82) is 0 Å². The number of rotatable bonds is 2. The molecule has 2 unspecified atom stereocenters. The van der Waals surface area contributed by atoms with Crippen LogP contribution in [0.2, 0.25) is 0 Å². The summed E-state index contributed by atoms with van der Waals surface area (Å²) in [6.45, 7) is 18.5. The predicted octanol–water partition coefficient (Wildman–Crippen LogP) is 15.4. The third-order valence-electron chi connectivity index (χ3n) is 18.2. The summed E-state index contributed by atoms with van der Waals surface area (Å²) in [6.07, 6.45) is 1.68. The van der Waals surface area contributed by atoms with Crippen LogP contribution in [0.25, 0.3) is 77.2 Å². The number of fused-ring (bicyclic) bond motifs is 10. The summed E-state index contributed by atoms with van der Waals surface area (Å²) < 4.78 is 64.7. The molecule has 5 nitrogen and oxygen atoms in total. The van der Waals surface area contributed by atoms with Crippen LogP contribution in [0.15, 0.2) is 97.1 Å². The van der Waals surface area contributed by atoms with Gasteiger partial charge in [0.15, 0.2) is 0 Å². The van der Waals surface area contributed by atoms with Gasteiger partial charge in [0.2, 0.25) is 0 Å². The Labute approximate surface area is 421 Å². The molecule has 2 aliphatic carbocycles. The molecule has 2 aliphatic heterocycles. The molecule has 6 aromatic carbocycles. The average Bonchev–Trinajstić information content (AvgIpc) is 3.90. The largest absolute Gasteiger partial charge is 2.00 e. The summed E-state index contributed by atoms with van der Waals surface area (Å²) in [5.74, 6) is 0.813. The van der Waals surface area contributed by atoms with Crippen LogP contribution in [0.1, 0.15) is 135 Å². The summed E-state index contributed by atoms with van der Waals surface area (Å²) in [4.78, 5) is 11.3. The smallest absolute Gasteiger partial charge is 0.497 e. The van der Waals surface area contributed by atoms with Gasteiger partial charge >= 0.3 is 21.1 Å². The Morgan fingerprint density at radius 2 is 0.926 bits per heavy atom. The first kappa shape index (κ1) is 36.2. The number of nitrogens with zero attached hydrogens (tertiary/aromatic N) is 4. The van der Waals surface area contributed by atoms with E-state index in [1.54, 1.807) is 0 Å². The second-order valence-corrected chi connectivity index (χ2v) is 23.2. The number of imidazole rings is 2. The first-order valence-corrected chi connectivity index (χ1v) is 23.9. The summed E-state index contributed by atoms with van der Waals surface area (Å²) in [7, 11) is 0. The Balaban J connectivity index is 0.00000528. The fourth-order valence-corrected chi connectivity index (χ4v) is 14.5. The SMILES string of the molecule is [2H]C([2H])([2H])c1ccc2c3c1c1ccc(Oc4[c-]c5c(cc4)c4c(C([2H])([2H])[2H])ccc6c4n4c7c(nc54)-c4ccccc4C(C)(C)CC7(C)C6(C)C)[c-]c1c1nc4c(n13)C(C)(CC(C)(C)c1ccccc1-4)C2(C)C.[Pt+2]. The molecule has 0 saturated heterocycles. The minimum atomic E-state index is -2.40. The van der Waals surface area contributed by atoms with E-state index in [1.165, 1.54) is 11.1 Å². The van der Waals surface area contributed by atoms with Gasteiger partial charge in [0.1, 0.15) is 0 Å². The number of benzene rings is 6. The van der Waals surface area contributed by atoms with E-state index >= 15 is 0 Å². The molecule has 0 spiro atoms. The zero-order valence-electron chi connectivity index (χ0n) is 46.2. The molecule has 0 amide bonds. The molecule has 2 atom stereocenters. The van der Waals surface area contributed by atoms with Crippen LogP contribution in [-0.2, 0) is 53.6 Å². The molecule has 0 fully saturated rings. The van der Waals surface area contributed by atoms with E-state index in [0.29, 0.717) is 44.3 Å². The topological polar surface area (TPSA) is 43.8 Å². The molecule has 6 heteroatoms. The van der Waals surface area contributed by atoms with Crippen LogP contribution in [-0.4, -0.2) is 18.8 Å². The second-order valence-electron chi connectivity index (χ2n) is 23.2. The third-order valence-corrected chi connectivity index (χ3v) is 18.2. The van der Waals surface area contributed by atoms with Gasteiger partial charge in [0.25, 0.3) is 0 Å². The van der Waals surface area contributed by atoms with Crippen molar-refractivity contribution < 1.29 is 34.0 Å². The molecule has 10 aromatic rings. The Bertz CT molecular complexity index is 3940. The maximum absolute atomic E-state index is 8.89. The fourth-order valence-electron chi connectivity index (χ4n) is 14.5. The van der Waals surface area contributed by atoms with E-state index in [0.717, 1.165) is 79.7 Å². The Kier molecular flexibility index (Phi) is 6.87. The van der Waals surface area contributed by atoms with E-state index in [2.05, 4.69) is 151 Å². The molecule has 0 radical (unpaired) electrons. The van der Waals surface area contributed by atoms with Crippen LogP contribution >= 0.6 is 0 Å². The van der Waals surface area contributed by atoms with Gasteiger partial charge in [-0.25, -0.2) is 0 Å². The van der Waals surface area contributed by atoms with Gasteiger partial charge in [-0.05, 0) is 70.4 Å². The van der Waals surface area contributed by atoms with Gasteiger partial charge < -0.3 is 13.5 Å². The maximum atomic E-state index is 8.89. The quantitative estimate of drug-likeness (QED) is 0.128. The number of aromatic nitrogens is 4. The molecular weight excluding hydrogens is 1010 g/mol. The molecule has 6 heterocycles. The Morgan fingerprint density at radius 3 is 1.34 bits per heavy atom. The molecule has 0 bridgehead atoms. The molecule has 4 aliphatic rings. The number of pyridine rings is 2. The number of hydrogen-bond donors (Lipinski definition) is 0. The monoisotopic (exact) mass is 1070 g/mol. The van der Waals surface area contributed by atoms with Crippen LogP contribution < -0.4 is 4.74 Å². The minimum Gasteiger partial charge on any atom is -0.497 e. The predicted molar refractivity (Wildman–Crippen MR) is 275 cm³/mol. The van der Waals surface area contributed by atoms with Gasteiger partial charge in [0.05, 0.1) is 22.7 Å². The number of ether oxygens (including phenoxy) is 1. The first-order chi connectivity index (χ1) is 34.2. The third kappa shape index (κ3) is 4.78. The van der Waals surface area contributed by atoms with E-state index in [-0.39, 0.29) is 43.0 Å². The van der Waals surface area contributed by atoms with Crippen LogP contribution in [0.5, 0.6) is 11.5 Å². The van der Waals surface area contributed by atoms with Crippen LogP contribution in [0.3, 0.4) is 0 Å². The summed E-state index contributed by atoms with van der Waals surface area (Å²) in [6, 6.07) is 39.9. The van der Waals surface area contributed by atoms with Gasteiger partial charge in [-0.15, -0.1) is 12.1 Å². The summed E-state index contributed by atoms with van der Waals surface area (Å²) in [5, 5.41) is 4.14. The van der Waals surface area contributed by atoms with Gasteiger partial charge in [-0.3, -0.25) is 9.97 Å². The van der Waals surface area contributed by atoms with E-state index < -0.39 is 35.4 Å². The van der Waals surface area contributed by atoms with Crippen LogP contribution in [0, 0.1) is 25.8 Å². The van der Waals surface area contributed by atoms with Crippen molar-refractivity contribution in [3.8, 4) is 34.0 Å².